The Labute approximate surface area is 92.1 Å². The van der Waals surface area contributed by atoms with Gasteiger partial charge >= 0.3 is 0 Å². The molecule has 0 amide bonds. The van der Waals surface area contributed by atoms with Crippen LogP contribution in [0, 0.1) is 0 Å². The predicted octanol–water partition coefficient (Wildman–Crippen LogP) is 2.46. The minimum atomic E-state index is 0.0904. The van der Waals surface area contributed by atoms with Gasteiger partial charge in [0.1, 0.15) is 6.26 Å². The summed E-state index contributed by atoms with van der Waals surface area (Å²) in [5.74, 6) is 0.826. The summed E-state index contributed by atoms with van der Waals surface area (Å²) in [6, 6.07) is 7.85. The third-order valence-electron chi connectivity index (χ3n) is 1.98. The maximum atomic E-state index is 8.88. The van der Waals surface area contributed by atoms with Crippen molar-refractivity contribution in [2.75, 3.05) is 0 Å². The zero-order valence-electron chi connectivity index (χ0n) is 8.09. The van der Waals surface area contributed by atoms with E-state index in [4.69, 9.17) is 9.52 Å². The molecule has 1 aromatic heterocycles. The van der Waals surface area contributed by atoms with Gasteiger partial charge in [-0.15, -0.1) is 0 Å². The smallest absolute Gasteiger partial charge is 0.255 e. The van der Waals surface area contributed by atoms with E-state index in [1.807, 2.05) is 24.3 Å². The maximum Gasteiger partial charge on any atom is 0.255 e. The summed E-state index contributed by atoms with van der Waals surface area (Å²) in [4.78, 5) is 4.02. The van der Waals surface area contributed by atoms with E-state index in [1.165, 1.54) is 5.56 Å². The number of aliphatic hydroxyl groups excluding tert-OH is 1. The molecule has 0 radical (unpaired) electrons. The molecule has 0 unspecified atom stereocenters. The molecule has 0 aliphatic heterocycles. The van der Waals surface area contributed by atoms with E-state index < -0.39 is 0 Å². The molecule has 0 saturated carbocycles. The van der Waals surface area contributed by atoms with Gasteiger partial charge < -0.3 is 9.52 Å². The van der Waals surface area contributed by atoms with Crippen LogP contribution in [0.3, 0.4) is 0 Å². The number of nitrogens with zero attached hydrogens (tertiary/aromatic N) is 1. The third-order valence-corrected chi connectivity index (χ3v) is 2.90. The fourth-order valence-corrected chi connectivity index (χ4v) is 1.91. The van der Waals surface area contributed by atoms with Gasteiger partial charge in [0.2, 0.25) is 0 Å². The molecule has 1 heterocycles. The number of oxazole rings is 1. The summed E-state index contributed by atoms with van der Waals surface area (Å²) in [5.41, 5.74) is 2.12. The Kier molecular flexibility index (Phi) is 3.42. The average Bonchev–Trinajstić information content (AvgIpc) is 2.80. The second kappa shape index (κ2) is 5.00. The molecule has 0 fully saturated rings. The molecule has 2 rings (SSSR count). The van der Waals surface area contributed by atoms with Crippen LogP contribution in [-0.4, -0.2) is 10.1 Å². The first kappa shape index (κ1) is 10.3. The summed E-state index contributed by atoms with van der Waals surface area (Å²) in [7, 11) is 0. The van der Waals surface area contributed by atoms with Crippen LogP contribution in [-0.2, 0) is 12.4 Å². The normalized spacial score (nSPS) is 10.5. The topological polar surface area (TPSA) is 46.3 Å². The molecule has 0 spiro atoms. The van der Waals surface area contributed by atoms with Gasteiger partial charge in [-0.25, -0.2) is 4.98 Å². The standard InChI is InChI=1S/C11H11NO2S/c13-7-9-1-3-10(4-2-9)8-15-11-12-5-6-14-11/h1-6,13H,7-8H2. The van der Waals surface area contributed by atoms with Gasteiger partial charge in [0.05, 0.1) is 12.8 Å². The van der Waals surface area contributed by atoms with Crippen LogP contribution in [0.15, 0.2) is 46.4 Å². The second-order valence-corrected chi connectivity index (χ2v) is 3.99. The zero-order chi connectivity index (χ0) is 10.5. The predicted molar refractivity (Wildman–Crippen MR) is 58.4 cm³/mol. The molecule has 3 nitrogen and oxygen atoms in total. The van der Waals surface area contributed by atoms with Crippen molar-refractivity contribution in [1.82, 2.24) is 4.98 Å². The van der Waals surface area contributed by atoms with Crippen LogP contribution in [0.1, 0.15) is 11.1 Å². The van der Waals surface area contributed by atoms with E-state index in [2.05, 4.69) is 4.98 Å². The summed E-state index contributed by atoms with van der Waals surface area (Å²) in [6.45, 7) is 0.0904. The molecule has 0 aliphatic rings. The Morgan fingerprint density at radius 1 is 1.20 bits per heavy atom. The summed E-state index contributed by atoms with van der Waals surface area (Å²) in [5, 5.41) is 9.56. The van der Waals surface area contributed by atoms with E-state index in [0.29, 0.717) is 5.22 Å². The third kappa shape index (κ3) is 2.84. The molecule has 0 saturated heterocycles. The molecule has 15 heavy (non-hydrogen) atoms. The van der Waals surface area contributed by atoms with E-state index >= 15 is 0 Å². The van der Waals surface area contributed by atoms with Crippen LogP contribution in [0.25, 0.3) is 0 Å². The van der Waals surface area contributed by atoms with Crippen molar-refractivity contribution in [2.45, 2.75) is 17.6 Å². The van der Waals surface area contributed by atoms with E-state index in [1.54, 1.807) is 24.2 Å². The van der Waals surface area contributed by atoms with Crippen molar-refractivity contribution in [3.63, 3.8) is 0 Å². The first-order valence-electron chi connectivity index (χ1n) is 4.59. The molecule has 0 atom stereocenters. The quantitative estimate of drug-likeness (QED) is 0.805. The highest BCUT2D eigenvalue weighted by Crippen LogP contribution is 2.20. The van der Waals surface area contributed by atoms with Crippen LogP contribution < -0.4 is 0 Å². The number of hydrogen-bond donors (Lipinski definition) is 1. The van der Waals surface area contributed by atoms with Gasteiger partial charge in [-0.2, -0.15) is 0 Å². The van der Waals surface area contributed by atoms with Gasteiger partial charge in [-0.05, 0) is 11.1 Å². The molecule has 4 heteroatoms. The highest BCUT2D eigenvalue weighted by Gasteiger charge is 1.99. The lowest BCUT2D eigenvalue weighted by atomic mass is 10.2. The molecule has 78 valence electrons. The van der Waals surface area contributed by atoms with Crippen molar-refractivity contribution >= 4 is 11.8 Å². The molecule has 1 N–H and O–H groups in total. The number of hydrogen-bond acceptors (Lipinski definition) is 4. The fraction of sp³-hybridized carbons (Fsp3) is 0.182. The summed E-state index contributed by atoms with van der Waals surface area (Å²) in [6.07, 6.45) is 3.20. The minimum absolute atomic E-state index is 0.0904. The van der Waals surface area contributed by atoms with Gasteiger partial charge in [0.25, 0.3) is 5.22 Å². The van der Waals surface area contributed by atoms with E-state index in [0.717, 1.165) is 11.3 Å². The van der Waals surface area contributed by atoms with Gasteiger partial charge in [0.15, 0.2) is 0 Å². The Hall–Kier alpha value is -1.26. The molecule has 0 bridgehead atoms. The number of aliphatic hydroxyl groups is 1. The molecular formula is C11H11NO2S. The number of thioether (sulfide) groups is 1. The average molecular weight is 221 g/mol. The zero-order valence-corrected chi connectivity index (χ0v) is 8.91. The highest BCUT2D eigenvalue weighted by molar-refractivity contribution is 7.98. The van der Waals surface area contributed by atoms with Gasteiger partial charge in [-0.1, -0.05) is 36.0 Å². The molecular weight excluding hydrogens is 210 g/mol. The van der Waals surface area contributed by atoms with E-state index in [9.17, 15) is 0 Å². The Morgan fingerprint density at radius 3 is 2.53 bits per heavy atom. The number of rotatable bonds is 4. The summed E-state index contributed by atoms with van der Waals surface area (Å²) >= 11 is 1.55. The Balaban J connectivity index is 1.93. The molecule has 1 aromatic carbocycles. The highest BCUT2D eigenvalue weighted by atomic mass is 32.2. The van der Waals surface area contributed by atoms with Crippen molar-refractivity contribution in [3.05, 3.63) is 47.9 Å². The summed E-state index contributed by atoms with van der Waals surface area (Å²) < 4.78 is 5.11. The molecule has 2 aromatic rings. The van der Waals surface area contributed by atoms with Crippen LogP contribution >= 0.6 is 11.8 Å². The van der Waals surface area contributed by atoms with Crippen molar-refractivity contribution in [2.24, 2.45) is 0 Å². The van der Waals surface area contributed by atoms with Crippen molar-refractivity contribution < 1.29 is 9.52 Å². The lowest BCUT2D eigenvalue weighted by Gasteiger charge is -2.00. The molecule has 0 aliphatic carbocycles. The van der Waals surface area contributed by atoms with Crippen molar-refractivity contribution in [1.29, 1.82) is 0 Å². The van der Waals surface area contributed by atoms with Crippen LogP contribution in [0.4, 0.5) is 0 Å². The van der Waals surface area contributed by atoms with E-state index in [-0.39, 0.29) is 6.61 Å². The number of aromatic nitrogens is 1. The van der Waals surface area contributed by atoms with Gasteiger partial charge in [0, 0.05) is 5.75 Å². The van der Waals surface area contributed by atoms with Gasteiger partial charge in [-0.3, -0.25) is 0 Å². The SMILES string of the molecule is OCc1ccc(CSc2ncco2)cc1. The first-order chi connectivity index (χ1) is 7.38. The Morgan fingerprint density at radius 2 is 1.93 bits per heavy atom. The lowest BCUT2D eigenvalue weighted by molar-refractivity contribution is 0.282. The fourth-order valence-electron chi connectivity index (χ4n) is 1.17. The van der Waals surface area contributed by atoms with Crippen molar-refractivity contribution in [3.8, 4) is 0 Å². The largest absolute Gasteiger partial charge is 0.440 e. The van der Waals surface area contributed by atoms with Crippen LogP contribution in [0.5, 0.6) is 0 Å². The van der Waals surface area contributed by atoms with Crippen LogP contribution in [0.2, 0.25) is 0 Å². The minimum Gasteiger partial charge on any atom is -0.440 e. The second-order valence-electron chi connectivity index (χ2n) is 3.06. The maximum absolute atomic E-state index is 8.88. The monoisotopic (exact) mass is 221 g/mol. The first-order valence-corrected chi connectivity index (χ1v) is 5.58. The number of benzene rings is 1. The Bertz CT molecular complexity index is 397. The lowest BCUT2D eigenvalue weighted by Crippen LogP contribution is -1.85.